The summed E-state index contributed by atoms with van der Waals surface area (Å²) in [6, 6.07) is 14.1. The standard InChI is InChI=1S/C18H22N2O2S.2C2H6/c1-13-7-8-16(14(2)11-13)23-17-6-4-3-5-15(17)20-18(22)12-19-9-10-21;2*1-2/h3-8,11,19,21H,9-10,12H2,1-2H3,(H,20,22);2*1-2H3. The summed E-state index contributed by atoms with van der Waals surface area (Å²) in [6.45, 7) is 12.8. The Labute approximate surface area is 168 Å². The van der Waals surface area contributed by atoms with Crippen molar-refractivity contribution >= 4 is 23.4 Å². The van der Waals surface area contributed by atoms with Gasteiger partial charge in [-0.1, -0.05) is 69.3 Å². The van der Waals surface area contributed by atoms with E-state index < -0.39 is 0 Å². The van der Waals surface area contributed by atoms with Gasteiger partial charge in [-0.2, -0.15) is 0 Å². The average Bonchev–Trinajstić information content (AvgIpc) is 2.69. The van der Waals surface area contributed by atoms with Crippen LogP contribution < -0.4 is 10.6 Å². The molecule has 2 aromatic carbocycles. The molecule has 3 N–H and O–H groups in total. The molecule has 0 unspecified atom stereocenters. The molecule has 0 fully saturated rings. The third kappa shape index (κ3) is 9.61. The summed E-state index contributed by atoms with van der Waals surface area (Å²) in [6.07, 6.45) is 0. The van der Waals surface area contributed by atoms with Crippen LogP contribution in [0, 0.1) is 13.8 Å². The van der Waals surface area contributed by atoms with E-state index in [1.807, 2.05) is 52.0 Å². The van der Waals surface area contributed by atoms with Crippen LogP contribution in [0.2, 0.25) is 0 Å². The van der Waals surface area contributed by atoms with E-state index >= 15 is 0 Å². The number of hydrogen-bond acceptors (Lipinski definition) is 4. The van der Waals surface area contributed by atoms with Gasteiger partial charge in [0.15, 0.2) is 0 Å². The number of anilines is 1. The van der Waals surface area contributed by atoms with Gasteiger partial charge >= 0.3 is 0 Å². The van der Waals surface area contributed by atoms with Crippen molar-refractivity contribution in [3.63, 3.8) is 0 Å². The highest BCUT2D eigenvalue weighted by Crippen LogP contribution is 2.35. The number of aryl methyl sites for hydroxylation is 2. The Bertz CT molecular complexity index is 675. The zero-order valence-electron chi connectivity index (χ0n) is 17.4. The number of rotatable bonds is 7. The SMILES string of the molecule is CC.CC.Cc1ccc(Sc2ccccc2NC(=O)CNCCO)c(C)c1. The van der Waals surface area contributed by atoms with Gasteiger partial charge in [0.2, 0.25) is 5.91 Å². The van der Waals surface area contributed by atoms with Gasteiger partial charge in [-0.05, 0) is 37.6 Å². The van der Waals surface area contributed by atoms with Gasteiger partial charge in [0.05, 0.1) is 18.8 Å². The number of para-hydroxylation sites is 1. The van der Waals surface area contributed by atoms with Crippen LogP contribution in [-0.4, -0.2) is 30.7 Å². The minimum absolute atomic E-state index is 0.0203. The lowest BCUT2D eigenvalue weighted by atomic mass is 10.2. The summed E-state index contributed by atoms with van der Waals surface area (Å²) in [5.74, 6) is -0.118. The lowest BCUT2D eigenvalue weighted by Gasteiger charge is -2.12. The summed E-state index contributed by atoms with van der Waals surface area (Å²) < 4.78 is 0. The van der Waals surface area contributed by atoms with Crippen LogP contribution in [0.15, 0.2) is 52.3 Å². The Balaban J connectivity index is 0.00000158. The predicted molar refractivity (Wildman–Crippen MR) is 118 cm³/mol. The number of nitrogens with one attached hydrogen (secondary N) is 2. The van der Waals surface area contributed by atoms with Crippen LogP contribution in [-0.2, 0) is 4.79 Å². The first-order chi connectivity index (χ1) is 13.1. The van der Waals surface area contributed by atoms with Crippen molar-refractivity contribution in [3.05, 3.63) is 53.6 Å². The van der Waals surface area contributed by atoms with Crippen LogP contribution in [0.5, 0.6) is 0 Å². The molecule has 0 aliphatic heterocycles. The van der Waals surface area contributed by atoms with Crippen molar-refractivity contribution in [1.82, 2.24) is 5.32 Å². The second kappa shape index (κ2) is 15.3. The van der Waals surface area contributed by atoms with E-state index in [2.05, 4.69) is 42.7 Å². The highest BCUT2D eigenvalue weighted by atomic mass is 32.2. The molecule has 0 aromatic heterocycles. The molecule has 150 valence electrons. The van der Waals surface area contributed by atoms with Crippen molar-refractivity contribution in [1.29, 1.82) is 0 Å². The maximum atomic E-state index is 11.9. The van der Waals surface area contributed by atoms with Crippen LogP contribution in [0.3, 0.4) is 0 Å². The molecule has 0 aliphatic carbocycles. The van der Waals surface area contributed by atoms with Gasteiger partial charge in [0.1, 0.15) is 0 Å². The highest BCUT2D eigenvalue weighted by Gasteiger charge is 2.09. The number of carbonyl (C=O) groups excluding carboxylic acids is 1. The number of hydrogen-bond donors (Lipinski definition) is 3. The van der Waals surface area contributed by atoms with Gasteiger partial charge in [-0.15, -0.1) is 0 Å². The van der Waals surface area contributed by atoms with E-state index in [1.54, 1.807) is 11.8 Å². The first-order valence-electron chi connectivity index (χ1n) is 9.55. The zero-order chi connectivity index (χ0) is 20.7. The number of aliphatic hydroxyl groups excluding tert-OH is 1. The van der Waals surface area contributed by atoms with Crippen molar-refractivity contribution in [2.45, 2.75) is 51.3 Å². The topological polar surface area (TPSA) is 61.4 Å². The third-order valence-corrected chi connectivity index (χ3v) is 4.54. The van der Waals surface area contributed by atoms with E-state index in [0.717, 1.165) is 10.6 Å². The molecular formula is C22H34N2O2S. The Morgan fingerprint density at radius 2 is 1.67 bits per heavy atom. The number of carbonyl (C=O) groups is 1. The summed E-state index contributed by atoms with van der Waals surface area (Å²) in [5.41, 5.74) is 3.26. The van der Waals surface area contributed by atoms with E-state index in [0.29, 0.717) is 6.54 Å². The minimum atomic E-state index is -0.118. The van der Waals surface area contributed by atoms with Crippen LogP contribution in [0.4, 0.5) is 5.69 Å². The molecule has 0 bridgehead atoms. The van der Waals surface area contributed by atoms with E-state index in [-0.39, 0.29) is 19.1 Å². The van der Waals surface area contributed by atoms with E-state index in [9.17, 15) is 4.79 Å². The van der Waals surface area contributed by atoms with E-state index in [1.165, 1.54) is 16.0 Å². The maximum absolute atomic E-state index is 11.9. The summed E-state index contributed by atoms with van der Waals surface area (Å²) >= 11 is 1.64. The van der Waals surface area contributed by atoms with Crippen molar-refractivity contribution < 1.29 is 9.90 Å². The van der Waals surface area contributed by atoms with Gasteiger partial charge in [-0.25, -0.2) is 0 Å². The molecular weight excluding hydrogens is 356 g/mol. The highest BCUT2D eigenvalue weighted by molar-refractivity contribution is 7.99. The normalized spacial score (nSPS) is 9.44. The number of benzene rings is 2. The molecule has 0 saturated carbocycles. The molecule has 5 heteroatoms. The quantitative estimate of drug-likeness (QED) is 0.581. The van der Waals surface area contributed by atoms with Gasteiger partial charge in [0.25, 0.3) is 0 Å². The fourth-order valence-corrected chi connectivity index (χ4v) is 3.14. The minimum Gasteiger partial charge on any atom is -0.395 e. The molecule has 0 saturated heterocycles. The van der Waals surface area contributed by atoms with E-state index in [4.69, 9.17) is 5.11 Å². The average molecular weight is 391 g/mol. The van der Waals surface area contributed by atoms with Crippen LogP contribution in [0.1, 0.15) is 38.8 Å². The Morgan fingerprint density at radius 3 is 2.30 bits per heavy atom. The van der Waals surface area contributed by atoms with Crippen LogP contribution in [0.25, 0.3) is 0 Å². The predicted octanol–water partition coefficient (Wildman–Crippen LogP) is 5.03. The summed E-state index contributed by atoms with van der Waals surface area (Å²) in [4.78, 5) is 14.1. The molecule has 0 aliphatic rings. The molecule has 2 rings (SSSR count). The zero-order valence-corrected chi connectivity index (χ0v) is 18.2. The lowest BCUT2D eigenvalue weighted by Crippen LogP contribution is -2.30. The van der Waals surface area contributed by atoms with Gasteiger partial charge in [-0.3, -0.25) is 4.79 Å². The first-order valence-corrected chi connectivity index (χ1v) is 10.4. The number of aliphatic hydroxyl groups is 1. The molecule has 1 amide bonds. The maximum Gasteiger partial charge on any atom is 0.238 e. The summed E-state index contributed by atoms with van der Waals surface area (Å²) in [7, 11) is 0. The van der Waals surface area contributed by atoms with Crippen molar-refractivity contribution in [2.24, 2.45) is 0 Å². The fourth-order valence-electron chi connectivity index (χ4n) is 2.17. The molecule has 0 heterocycles. The van der Waals surface area contributed by atoms with Gasteiger partial charge in [0, 0.05) is 16.3 Å². The smallest absolute Gasteiger partial charge is 0.238 e. The third-order valence-electron chi connectivity index (χ3n) is 3.29. The monoisotopic (exact) mass is 390 g/mol. The lowest BCUT2D eigenvalue weighted by molar-refractivity contribution is -0.115. The Hall–Kier alpha value is -1.82. The molecule has 0 spiro atoms. The second-order valence-corrected chi connectivity index (χ2v) is 6.40. The molecule has 4 nitrogen and oxygen atoms in total. The Kier molecular flexibility index (Phi) is 14.2. The molecule has 27 heavy (non-hydrogen) atoms. The fraction of sp³-hybridized carbons (Fsp3) is 0.409. The van der Waals surface area contributed by atoms with Crippen LogP contribution >= 0.6 is 11.8 Å². The molecule has 0 radical (unpaired) electrons. The second-order valence-electron chi connectivity index (χ2n) is 5.32. The van der Waals surface area contributed by atoms with Gasteiger partial charge < -0.3 is 15.7 Å². The summed E-state index contributed by atoms with van der Waals surface area (Å²) in [5, 5.41) is 14.5. The van der Waals surface area contributed by atoms with Crippen molar-refractivity contribution in [3.8, 4) is 0 Å². The Morgan fingerprint density at radius 1 is 1.00 bits per heavy atom. The number of amides is 1. The first kappa shape index (κ1) is 25.2. The van der Waals surface area contributed by atoms with Crippen molar-refractivity contribution in [2.75, 3.05) is 25.0 Å². The molecule has 2 aromatic rings. The largest absolute Gasteiger partial charge is 0.395 e. The molecule has 0 atom stereocenters.